The molecule has 1 saturated carbocycles. The Labute approximate surface area is 132 Å². The number of rotatable bonds is 2. The predicted molar refractivity (Wildman–Crippen MR) is 85.3 cm³/mol. The molecule has 2 aliphatic rings. The number of hydrogen-bond donors (Lipinski definition) is 0. The van der Waals surface area contributed by atoms with E-state index in [-0.39, 0.29) is 11.7 Å². The summed E-state index contributed by atoms with van der Waals surface area (Å²) >= 11 is 0. The van der Waals surface area contributed by atoms with Gasteiger partial charge in [-0.1, -0.05) is 25.8 Å². The van der Waals surface area contributed by atoms with Crippen LogP contribution in [0.1, 0.15) is 43.0 Å². The van der Waals surface area contributed by atoms with Crippen molar-refractivity contribution in [1.82, 2.24) is 9.80 Å². The van der Waals surface area contributed by atoms with Gasteiger partial charge in [0.15, 0.2) is 0 Å². The highest BCUT2D eigenvalue weighted by Crippen LogP contribution is 2.28. The molecule has 1 heterocycles. The van der Waals surface area contributed by atoms with Gasteiger partial charge in [-0.05, 0) is 37.0 Å². The van der Waals surface area contributed by atoms with Gasteiger partial charge in [0.05, 0.1) is 0 Å². The highest BCUT2D eigenvalue weighted by atomic mass is 19.1. The molecule has 1 aliphatic heterocycles. The highest BCUT2D eigenvalue weighted by molar-refractivity contribution is 5.94. The van der Waals surface area contributed by atoms with Crippen molar-refractivity contribution in [2.45, 2.75) is 38.6 Å². The molecule has 1 amide bonds. The van der Waals surface area contributed by atoms with E-state index in [0.717, 1.165) is 32.1 Å². The van der Waals surface area contributed by atoms with Crippen LogP contribution in [0.25, 0.3) is 0 Å². The molecule has 0 spiro atoms. The summed E-state index contributed by atoms with van der Waals surface area (Å²) in [6.45, 7) is 5.73. The molecule has 22 heavy (non-hydrogen) atoms. The first-order valence-corrected chi connectivity index (χ1v) is 8.42. The molecular formula is C18H25FN2O. The molecule has 3 rings (SSSR count). The van der Waals surface area contributed by atoms with Crippen LogP contribution in [0.2, 0.25) is 0 Å². The summed E-state index contributed by atoms with van der Waals surface area (Å²) in [4.78, 5) is 16.8. The van der Waals surface area contributed by atoms with E-state index in [4.69, 9.17) is 0 Å². The second-order valence-electron chi connectivity index (χ2n) is 6.76. The standard InChI is InChI=1S/C18H25FN2O/c1-14-4-2-7-17(12-14)20-8-10-21(11-9-20)18(22)15-5-3-6-16(19)13-15/h3,5-6,13-14,17H,2,4,7-12H2,1H3/t14-,17+/m0/s1. The predicted octanol–water partition coefficient (Wildman–Crippen LogP) is 3.16. The van der Waals surface area contributed by atoms with Gasteiger partial charge in [-0.15, -0.1) is 0 Å². The van der Waals surface area contributed by atoms with Gasteiger partial charge in [0, 0.05) is 37.8 Å². The fourth-order valence-corrected chi connectivity index (χ4v) is 3.83. The van der Waals surface area contributed by atoms with Crippen LogP contribution in [0, 0.1) is 11.7 Å². The molecule has 120 valence electrons. The lowest BCUT2D eigenvalue weighted by molar-refractivity contribution is 0.0488. The summed E-state index contributed by atoms with van der Waals surface area (Å²) in [7, 11) is 0. The SMILES string of the molecule is C[C@H]1CCC[C@@H](N2CCN(C(=O)c3cccc(F)c3)CC2)C1. The molecule has 2 fully saturated rings. The monoisotopic (exact) mass is 304 g/mol. The Bertz CT molecular complexity index is 526. The molecule has 0 unspecified atom stereocenters. The Morgan fingerprint density at radius 1 is 1.18 bits per heavy atom. The zero-order valence-electron chi connectivity index (χ0n) is 13.3. The summed E-state index contributed by atoms with van der Waals surface area (Å²) in [6, 6.07) is 6.69. The topological polar surface area (TPSA) is 23.6 Å². The fraction of sp³-hybridized carbons (Fsp3) is 0.611. The van der Waals surface area contributed by atoms with Crippen molar-refractivity contribution < 1.29 is 9.18 Å². The zero-order chi connectivity index (χ0) is 15.5. The Hall–Kier alpha value is -1.42. The van der Waals surface area contributed by atoms with Gasteiger partial charge in [0.2, 0.25) is 0 Å². The van der Waals surface area contributed by atoms with E-state index in [9.17, 15) is 9.18 Å². The van der Waals surface area contributed by atoms with Gasteiger partial charge in [-0.3, -0.25) is 9.69 Å². The Morgan fingerprint density at radius 2 is 1.95 bits per heavy atom. The number of benzene rings is 1. The lowest BCUT2D eigenvalue weighted by Gasteiger charge is -2.42. The molecule has 1 aromatic rings. The number of carbonyl (C=O) groups excluding carboxylic acids is 1. The van der Waals surface area contributed by atoms with Crippen LogP contribution >= 0.6 is 0 Å². The van der Waals surface area contributed by atoms with Crippen molar-refractivity contribution in [3.63, 3.8) is 0 Å². The summed E-state index contributed by atoms with van der Waals surface area (Å²) in [6.07, 6.45) is 5.27. The maximum atomic E-state index is 13.3. The molecule has 0 bridgehead atoms. The molecule has 1 saturated heterocycles. The first-order valence-electron chi connectivity index (χ1n) is 8.42. The van der Waals surface area contributed by atoms with Crippen LogP contribution in [0.4, 0.5) is 4.39 Å². The molecule has 0 radical (unpaired) electrons. The van der Waals surface area contributed by atoms with Crippen molar-refractivity contribution in [2.24, 2.45) is 5.92 Å². The van der Waals surface area contributed by atoms with Crippen molar-refractivity contribution in [2.75, 3.05) is 26.2 Å². The van der Waals surface area contributed by atoms with Crippen molar-refractivity contribution in [1.29, 1.82) is 0 Å². The fourth-order valence-electron chi connectivity index (χ4n) is 3.83. The average Bonchev–Trinajstić information content (AvgIpc) is 2.54. The largest absolute Gasteiger partial charge is 0.336 e. The molecule has 2 atom stereocenters. The Balaban J connectivity index is 1.56. The first kappa shape index (κ1) is 15.5. The van der Waals surface area contributed by atoms with E-state index in [2.05, 4.69) is 11.8 Å². The molecule has 3 nitrogen and oxygen atoms in total. The van der Waals surface area contributed by atoms with Gasteiger partial charge in [-0.2, -0.15) is 0 Å². The minimum absolute atomic E-state index is 0.0452. The van der Waals surface area contributed by atoms with E-state index in [1.807, 2.05) is 4.90 Å². The summed E-state index contributed by atoms with van der Waals surface area (Å²) < 4.78 is 13.3. The van der Waals surface area contributed by atoms with E-state index in [1.54, 1.807) is 12.1 Å². The Morgan fingerprint density at radius 3 is 2.64 bits per heavy atom. The molecule has 1 aliphatic carbocycles. The van der Waals surface area contributed by atoms with Gasteiger partial charge in [-0.25, -0.2) is 4.39 Å². The molecule has 4 heteroatoms. The third-order valence-electron chi connectivity index (χ3n) is 5.10. The van der Waals surface area contributed by atoms with E-state index >= 15 is 0 Å². The van der Waals surface area contributed by atoms with Crippen molar-refractivity contribution in [3.05, 3.63) is 35.6 Å². The lowest BCUT2D eigenvalue weighted by atomic mass is 9.86. The number of hydrogen-bond acceptors (Lipinski definition) is 2. The maximum absolute atomic E-state index is 13.3. The third-order valence-corrected chi connectivity index (χ3v) is 5.10. The van der Waals surface area contributed by atoms with Gasteiger partial charge < -0.3 is 4.90 Å². The quantitative estimate of drug-likeness (QED) is 0.838. The number of amides is 1. The summed E-state index contributed by atoms with van der Waals surface area (Å²) in [5.41, 5.74) is 0.458. The molecular weight excluding hydrogens is 279 g/mol. The van der Waals surface area contributed by atoms with E-state index in [0.29, 0.717) is 11.6 Å². The van der Waals surface area contributed by atoms with Crippen molar-refractivity contribution in [3.8, 4) is 0 Å². The number of halogens is 1. The van der Waals surface area contributed by atoms with Gasteiger partial charge in [0.1, 0.15) is 5.82 Å². The minimum atomic E-state index is -0.347. The second kappa shape index (κ2) is 6.78. The average molecular weight is 304 g/mol. The number of nitrogens with zero attached hydrogens (tertiary/aromatic N) is 2. The van der Waals surface area contributed by atoms with Crippen LogP contribution < -0.4 is 0 Å². The first-order chi connectivity index (χ1) is 10.6. The summed E-state index contributed by atoms with van der Waals surface area (Å²) in [5.74, 6) is 0.433. The van der Waals surface area contributed by atoms with Crippen LogP contribution in [0.3, 0.4) is 0 Å². The molecule has 0 aromatic heterocycles. The zero-order valence-corrected chi connectivity index (χ0v) is 13.3. The second-order valence-corrected chi connectivity index (χ2v) is 6.76. The molecule has 1 aromatic carbocycles. The Kier molecular flexibility index (Phi) is 4.77. The lowest BCUT2D eigenvalue weighted by Crippen LogP contribution is -2.52. The minimum Gasteiger partial charge on any atom is -0.336 e. The van der Waals surface area contributed by atoms with Gasteiger partial charge in [0.25, 0.3) is 5.91 Å². The van der Waals surface area contributed by atoms with Crippen LogP contribution in [-0.2, 0) is 0 Å². The van der Waals surface area contributed by atoms with Crippen LogP contribution in [0.15, 0.2) is 24.3 Å². The maximum Gasteiger partial charge on any atom is 0.254 e. The van der Waals surface area contributed by atoms with E-state index < -0.39 is 0 Å². The third kappa shape index (κ3) is 3.49. The number of carbonyl (C=O) groups is 1. The smallest absolute Gasteiger partial charge is 0.254 e. The molecule has 0 N–H and O–H groups in total. The van der Waals surface area contributed by atoms with Gasteiger partial charge >= 0.3 is 0 Å². The number of piperazine rings is 1. The van der Waals surface area contributed by atoms with E-state index in [1.165, 1.54) is 37.8 Å². The summed E-state index contributed by atoms with van der Waals surface area (Å²) in [5, 5.41) is 0. The van der Waals surface area contributed by atoms with Crippen molar-refractivity contribution >= 4 is 5.91 Å². The highest BCUT2D eigenvalue weighted by Gasteiger charge is 2.29. The van der Waals surface area contributed by atoms with Crippen LogP contribution in [-0.4, -0.2) is 47.9 Å². The van der Waals surface area contributed by atoms with Crippen LogP contribution in [0.5, 0.6) is 0 Å². The normalized spacial score (nSPS) is 26.9.